The van der Waals surface area contributed by atoms with Crippen LogP contribution < -0.4 is 0 Å². The zero-order chi connectivity index (χ0) is 5.98. The quantitative estimate of drug-likeness (QED) is 0.515. The first-order valence-corrected chi connectivity index (χ1v) is 2.71. The van der Waals surface area contributed by atoms with Gasteiger partial charge >= 0.3 is 0 Å². The first kappa shape index (κ1) is 6.01. The van der Waals surface area contributed by atoms with Crippen molar-refractivity contribution >= 4 is 0 Å². The van der Waals surface area contributed by atoms with Crippen LogP contribution in [0.1, 0.15) is 6.92 Å². The zero-order valence-electron chi connectivity index (χ0n) is 4.83. The molecule has 1 aliphatic rings. The van der Waals surface area contributed by atoms with E-state index in [-0.39, 0.29) is 19.0 Å². The molecule has 0 amide bonds. The van der Waals surface area contributed by atoms with Crippen molar-refractivity contribution < 1.29 is 14.6 Å². The Balaban J connectivity index is 2.22. The second kappa shape index (κ2) is 2.44. The minimum Gasteiger partial charge on any atom is -0.394 e. The van der Waals surface area contributed by atoms with Gasteiger partial charge in [-0.2, -0.15) is 0 Å². The van der Waals surface area contributed by atoms with Crippen molar-refractivity contribution in [1.29, 1.82) is 0 Å². The van der Waals surface area contributed by atoms with E-state index in [1.807, 2.05) is 6.92 Å². The number of hydrogen-bond acceptors (Lipinski definition) is 3. The lowest BCUT2D eigenvalue weighted by Crippen LogP contribution is -2.14. The van der Waals surface area contributed by atoms with Gasteiger partial charge in [0.15, 0.2) is 6.29 Å². The smallest absolute Gasteiger partial charge is 0.155 e. The van der Waals surface area contributed by atoms with E-state index in [9.17, 15) is 0 Å². The van der Waals surface area contributed by atoms with Gasteiger partial charge in [0.1, 0.15) is 6.10 Å². The average Bonchev–Trinajstić information content (AvgIpc) is 2.14. The van der Waals surface area contributed by atoms with Gasteiger partial charge in [-0.05, 0) is 6.92 Å². The van der Waals surface area contributed by atoms with Crippen LogP contribution in [0, 0.1) is 0 Å². The van der Waals surface area contributed by atoms with Crippen molar-refractivity contribution in [2.24, 2.45) is 0 Å². The Labute approximate surface area is 48.2 Å². The monoisotopic (exact) mass is 118 g/mol. The Bertz CT molecular complexity index is 74.1. The van der Waals surface area contributed by atoms with E-state index in [2.05, 4.69) is 0 Å². The predicted molar refractivity (Wildman–Crippen MR) is 27.4 cm³/mol. The summed E-state index contributed by atoms with van der Waals surface area (Å²) < 4.78 is 10.0. The van der Waals surface area contributed by atoms with Gasteiger partial charge in [-0.1, -0.05) is 0 Å². The molecule has 8 heavy (non-hydrogen) atoms. The lowest BCUT2D eigenvalue weighted by molar-refractivity contribution is -0.0505. The van der Waals surface area contributed by atoms with Crippen molar-refractivity contribution in [1.82, 2.24) is 0 Å². The summed E-state index contributed by atoms with van der Waals surface area (Å²) in [5.41, 5.74) is 0. The first-order valence-electron chi connectivity index (χ1n) is 2.71. The van der Waals surface area contributed by atoms with Crippen molar-refractivity contribution in [2.45, 2.75) is 19.3 Å². The molecule has 0 spiro atoms. The summed E-state index contributed by atoms with van der Waals surface area (Å²) in [5.74, 6) is 0. The molecular formula is C5H10O3. The van der Waals surface area contributed by atoms with Gasteiger partial charge in [-0.3, -0.25) is 0 Å². The second-order valence-corrected chi connectivity index (χ2v) is 1.84. The Hall–Kier alpha value is -0.120. The molecule has 0 aromatic heterocycles. The van der Waals surface area contributed by atoms with Gasteiger partial charge < -0.3 is 14.6 Å². The van der Waals surface area contributed by atoms with Crippen LogP contribution in [0.4, 0.5) is 0 Å². The topological polar surface area (TPSA) is 38.7 Å². The van der Waals surface area contributed by atoms with Gasteiger partial charge in [0.2, 0.25) is 0 Å². The highest BCUT2D eigenvalue weighted by molar-refractivity contribution is 4.59. The minimum absolute atomic E-state index is 0.0599. The fourth-order valence-corrected chi connectivity index (χ4v) is 0.688. The van der Waals surface area contributed by atoms with E-state index >= 15 is 0 Å². The average molecular weight is 118 g/mol. The van der Waals surface area contributed by atoms with Crippen molar-refractivity contribution in [3.05, 3.63) is 0 Å². The maximum atomic E-state index is 8.48. The minimum atomic E-state index is -0.132. The molecule has 0 aliphatic carbocycles. The molecule has 2 atom stereocenters. The standard InChI is InChI=1S/C5H10O3/c1-4-7-3-5(2-6)8-4/h4-6H,2-3H2,1H3. The van der Waals surface area contributed by atoms with E-state index in [0.29, 0.717) is 6.61 Å². The molecular weight excluding hydrogens is 108 g/mol. The second-order valence-electron chi connectivity index (χ2n) is 1.84. The Morgan fingerprint density at radius 2 is 2.50 bits per heavy atom. The van der Waals surface area contributed by atoms with Crippen molar-refractivity contribution in [3.8, 4) is 0 Å². The van der Waals surface area contributed by atoms with Crippen LogP contribution >= 0.6 is 0 Å². The molecule has 2 unspecified atom stereocenters. The summed E-state index contributed by atoms with van der Waals surface area (Å²) in [4.78, 5) is 0. The Morgan fingerprint density at radius 3 is 2.75 bits per heavy atom. The molecule has 48 valence electrons. The van der Waals surface area contributed by atoms with Crippen molar-refractivity contribution in [2.75, 3.05) is 13.2 Å². The van der Waals surface area contributed by atoms with E-state index in [0.717, 1.165) is 0 Å². The fourth-order valence-electron chi connectivity index (χ4n) is 0.688. The summed E-state index contributed by atoms with van der Waals surface area (Å²) in [6.45, 7) is 2.40. The SMILES string of the molecule is CC1OCC(CO)O1. The van der Waals surface area contributed by atoms with Crippen LogP contribution in [0.5, 0.6) is 0 Å². The summed E-state index contributed by atoms with van der Waals surface area (Å²) in [5, 5.41) is 8.48. The molecule has 1 aliphatic heterocycles. The lowest BCUT2D eigenvalue weighted by atomic mass is 10.4. The number of aliphatic hydroxyl groups is 1. The Morgan fingerprint density at radius 1 is 1.75 bits per heavy atom. The maximum Gasteiger partial charge on any atom is 0.155 e. The number of hydrogen-bond donors (Lipinski definition) is 1. The number of ether oxygens (including phenoxy) is 2. The summed E-state index contributed by atoms with van der Waals surface area (Å²) in [6.07, 6.45) is -0.225. The zero-order valence-corrected chi connectivity index (χ0v) is 4.83. The molecule has 0 bridgehead atoms. The third-order valence-corrected chi connectivity index (χ3v) is 1.10. The lowest BCUT2D eigenvalue weighted by Gasteiger charge is -2.01. The third kappa shape index (κ3) is 1.18. The highest BCUT2D eigenvalue weighted by atomic mass is 16.7. The summed E-state index contributed by atoms with van der Waals surface area (Å²) in [7, 11) is 0. The van der Waals surface area contributed by atoms with Crippen LogP contribution in [0.25, 0.3) is 0 Å². The Kier molecular flexibility index (Phi) is 1.83. The summed E-state index contributed by atoms with van der Waals surface area (Å²) in [6, 6.07) is 0. The largest absolute Gasteiger partial charge is 0.394 e. The molecule has 3 nitrogen and oxygen atoms in total. The van der Waals surface area contributed by atoms with Crippen LogP contribution in [-0.4, -0.2) is 30.7 Å². The third-order valence-electron chi connectivity index (χ3n) is 1.10. The van der Waals surface area contributed by atoms with Crippen LogP contribution in [0.3, 0.4) is 0 Å². The molecule has 0 saturated carbocycles. The fraction of sp³-hybridized carbons (Fsp3) is 1.00. The highest BCUT2D eigenvalue weighted by Gasteiger charge is 2.20. The van der Waals surface area contributed by atoms with Gasteiger partial charge in [0.25, 0.3) is 0 Å². The van der Waals surface area contributed by atoms with E-state index in [1.54, 1.807) is 0 Å². The molecule has 0 aromatic rings. The van der Waals surface area contributed by atoms with E-state index < -0.39 is 0 Å². The molecule has 0 aromatic carbocycles. The normalized spacial score (nSPS) is 38.2. The van der Waals surface area contributed by atoms with Gasteiger partial charge in [0, 0.05) is 0 Å². The van der Waals surface area contributed by atoms with Crippen LogP contribution in [0.2, 0.25) is 0 Å². The molecule has 3 heteroatoms. The van der Waals surface area contributed by atoms with Crippen LogP contribution in [0.15, 0.2) is 0 Å². The highest BCUT2D eigenvalue weighted by Crippen LogP contribution is 2.08. The van der Waals surface area contributed by atoms with E-state index in [1.165, 1.54) is 0 Å². The van der Waals surface area contributed by atoms with Gasteiger partial charge in [-0.25, -0.2) is 0 Å². The molecule has 1 saturated heterocycles. The molecule has 1 N–H and O–H groups in total. The van der Waals surface area contributed by atoms with Crippen LogP contribution in [-0.2, 0) is 9.47 Å². The van der Waals surface area contributed by atoms with Gasteiger partial charge in [0.05, 0.1) is 13.2 Å². The predicted octanol–water partition coefficient (Wildman–Crippen LogP) is -0.260. The molecule has 0 radical (unpaired) electrons. The number of rotatable bonds is 1. The summed E-state index contributed by atoms with van der Waals surface area (Å²) >= 11 is 0. The molecule has 1 heterocycles. The van der Waals surface area contributed by atoms with E-state index in [4.69, 9.17) is 14.6 Å². The maximum absolute atomic E-state index is 8.48. The molecule has 1 fully saturated rings. The van der Waals surface area contributed by atoms with Crippen molar-refractivity contribution in [3.63, 3.8) is 0 Å². The first-order chi connectivity index (χ1) is 3.83. The number of aliphatic hydroxyl groups excluding tert-OH is 1. The van der Waals surface area contributed by atoms with Gasteiger partial charge in [-0.15, -0.1) is 0 Å². The molecule has 1 rings (SSSR count).